The normalized spacial score (nSPS) is 15.7. The van der Waals surface area contributed by atoms with Gasteiger partial charge in [0.2, 0.25) is 5.91 Å². The van der Waals surface area contributed by atoms with Crippen LogP contribution in [0.5, 0.6) is 0 Å². The van der Waals surface area contributed by atoms with E-state index in [1.54, 1.807) is 24.3 Å². The Balaban J connectivity index is 1.74. The Kier molecular flexibility index (Phi) is 5.73. The average molecular weight is 287 g/mol. The molecule has 1 aliphatic rings. The molecule has 1 fully saturated rings. The Labute approximate surface area is 125 Å². The second kappa shape index (κ2) is 7.77. The van der Waals surface area contributed by atoms with Gasteiger partial charge in [-0.05, 0) is 44.2 Å². The number of nitrogens with zero attached hydrogens (tertiary/aromatic N) is 2. The van der Waals surface area contributed by atoms with Crippen LogP contribution in [0, 0.1) is 11.3 Å². The lowest BCUT2D eigenvalue weighted by molar-refractivity contribution is -0.116. The molecule has 1 saturated heterocycles. The molecule has 0 radical (unpaired) electrons. The summed E-state index contributed by atoms with van der Waals surface area (Å²) in [6.07, 6.45) is 2.54. The molecule has 0 spiro atoms. The van der Waals surface area contributed by atoms with Gasteiger partial charge in [-0.3, -0.25) is 4.79 Å². The van der Waals surface area contributed by atoms with Crippen LogP contribution in [0.3, 0.4) is 0 Å². The number of nitrogens with one attached hydrogen (secondary N) is 1. The maximum atomic E-state index is 11.9. The van der Waals surface area contributed by atoms with Crippen LogP contribution in [-0.4, -0.2) is 43.7 Å². The topological polar surface area (TPSA) is 65.4 Å². The molecule has 0 atom stereocenters. The van der Waals surface area contributed by atoms with E-state index in [0.29, 0.717) is 18.0 Å². The first-order chi connectivity index (χ1) is 10.2. The van der Waals surface area contributed by atoms with Gasteiger partial charge in [0.25, 0.3) is 0 Å². The summed E-state index contributed by atoms with van der Waals surface area (Å²) < 4.78 is 5.34. The highest BCUT2D eigenvalue weighted by Gasteiger charge is 2.18. The van der Waals surface area contributed by atoms with Gasteiger partial charge >= 0.3 is 0 Å². The van der Waals surface area contributed by atoms with E-state index in [4.69, 9.17) is 10.00 Å². The van der Waals surface area contributed by atoms with Gasteiger partial charge in [0, 0.05) is 37.9 Å². The molecule has 112 valence electrons. The van der Waals surface area contributed by atoms with Crippen molar-refractivity contribution in [1.29, 1.82) is 5.26 Å². The van der Waals surface area contributed by atoms with Crippen LogP contribution in [0.4, 0.5) is 5.69 Å². The van der Waals surface area contributed by atoms with Gasteiger partial charge in [-0.2, -0.15) is 5.26 Å². The van der Waals surface area contributed by atoms with Crippen molar-refractivity contribution in [2.45, 2.75) is 25.3 Å². The van der Waals surface area contributed by atoms with Crippen LogP contribution < -0.4 is 5.32 Å². The standard InChI is InChI=1S/C16H21N3O2/c1-19(15-7-10-21-11-8-15)9-6-16(20)18-14-4-2-13(12-17)3-5-14/h2-5,15H,6-11H2,1H3,(H,18,20). The molecular formula is C16H21N3O2. The summed E-state index contributed by atoms with van der Waals surface area (Å²) in [5.41, 5.74) is 1.32. The number of hydrogen-bond acceptors (Lipinski definition) is 4. The lowest BCUT2D eigenvalue weighted by Crippen LogP contribution is -2.38. The fourth-order valence-corrected chi connectivity index (χ4v) is 2.44. The highest BCUT2D eigenvalue weighted by molar-refractivity contribution is 5.90. The van der Waals surface area contributed by atoms with Gasteiger partial charge in [0.15, 0.2) is 0 Å². The number of benzene rings is 1. The van der Waals surface area contributed by atoms with Gasteiger partial charge in [-0.15, -0.1) is 0 Å². The van der Waals surface area contributed by atoms with E-state index in [1.807, 2.05) is 0 Å². The summed E-state index contributed by atoms with van der Waals surface area (Å²) in [5, 5.41) is 11.6. The zero-order valence-electron chi connectivity index (χ0n) is 12.3. The van der Waals surface area contributed by atoms with Crippen LogP contribution in [0.2, 0.25) is 0 Å². The molecule has 1 aliphatic heterocycles. The van der Waals surface area contributed by atoms with Crippen molar-refractivity contribution in [3.05, 3.63) is 29.8 Å². The largest absolute Gasteiger partial charge is 0.381 e. The number of amides is 1. The Morgan fingerprint density at radius 2 is 2.05 bits per heavy atom. The predicted octanol–water partition coefficient (Wildman–Crippen LogP) is 2.00. The van der Waals surface area contributed by atoms with Crippen molar-refractivity contribution in [3.63, 3.8) is 0 Å². The number of ether oxygens (including phenoxy) is 1. The summed E-state index contributed by atoms with van der Waals surface area (Å²) in [4.78, 5) is 14.2. The number of nitriles is 1. The van der Waals surface area contributed by atoms with Crippen molar-refractivity contribution in [2.24, 2.45) is 0 Å². The van der Waals surface area contributed by atoms with Crippen molar-refractivity contribution < 1.29 is 9.53 Å². The second-order valence-electron chi connectivity index (χ2n) is 5.31. The molecule has 0 aliphatic carbocycles. The van der Waals surface area contributed by atoms with Gasteiger partial charge in [0.1, 0.15) is 0 Å². The van der Waals surface area contributed by atoms with Crippen LogP contribution in [0.15, 0.2) is 24.3 Å². The van der Waals surface area contributed by atoms with Crippen molar-refractivity contribution in [3.8, 4) is 6.07 Å². The monoisotopic (exact) mass is 287 g/mol. The number of carbonyl (C=O) groups is 1. The lowest BCUT2D eigenvalue weighted by Gasteiger charge is -2.30. The predicted molar refractivity (Wildman–Crippen MR) is 80.9 cm³/mol. The van der Waals surface area contributed by atoms with Crippen LogP contribution in [0.1, 0.15) is 24.8 Å². The molecule has 0 saturated carbocycles. The van der Waals surface area contributed by atoms with Gasteiger partial charge in [-0.25, -0.2) is 0 Å². The third kappa shape index (κ3) is 4.85. The second-order valence-corrected chi connectivity index (χ2v) is 5.31. The van der Waals surface area contributed by atoms with E-state index in [9.17, 15) is 4.79 Å². The van der Waals surface area contributed by atoms with Gasteiger partial charge in [0.05, 0.1) is 11.6 Å². The number of anilines is 1. The summed E-state index contributed by atoms with van der Waals surface area (Å²) in [6.45, 7) is 2.37. The molecule has 1 heterocycles. The van der Waals surface area contributed by atoms with Crippen molar-refractivity contribution in [1.82, 2.24) is 4.90 Å². The van der Waals surface area contributed by atoms with Crippen molar-refractivity contribution >= 4 is 11.6 Å². The third-order valence-electron chi connectivity index (χ3n) is 3.80. The molecule has 1 N–H and O–H groups in total. The third-order valence-corrected chi connectivity index (χ3v) is 3.80. The number of rotatable bonds is 5. The van der Waals surface area contributed by atoms with Gasteiger partial charge < -0.3 is 15.0 Å². The zero-order valence-corrected chi connectivity index (χ0v) is 12.3. The first-order valence-electron chi connectivity index (χ1n) is 7.27. The first-order valence-corrected chi connectivity index (χ1v) is 7.27. The maximum absolute atomic E-state index is 11.9. The smallest absolute Gasteiger partial charge is 0.225 e. The maximum Gasteiger partial charge on any atom is 0.225 e. The van der Waals surface area contributed by atoms with E-state index in [1.165, 1.54) is 0 Å². The molecule has 5 nitrogen and oxygen atoms in total. The molecule has 1 aromatic rings. The van der Waals surface area contributed by atoms with Crippen LogP contribution in [-0.2, 0) is 9.53 Å². The minimum absolute atomic E-state index is 0.00128. The Bertz CT molecular complexity index is 501. The van der Waals surface area contributed by atoms with E-state index in [-0.39, 0.29) is 5.91 Å². The van der Waals surface area contributed by atoms with Crippen LogP contribution in [0.25, 0.3) is 0 Å². The molecule has 2 rings (SSSR count). The number of carbonyl (C=O) groups excluding carboxylic acids is 1. The van der Waals surface area contributed by atoms with Crippen molar-refractivity contribution in [2.75, 3.05) is 32.1 Å². The van der Waals surface area contributed by atoms with Crippen LogP contribution >= 0.6 is 0 Å². The van der Waals surface area contributed by atoms with E-state index in [2.05, 4.69) is 23.3 Å². The van der Waals surface area contributed by atoms with E-state index < -0.39 is 0 Å². The molecule has 0 unspecified atom stereocenters. The minimum atomic E-state index is -0.00128. The highest BCUT2D eigenvalue weighted by atomic mass is 16.5. The molecule has 5 heteroatoms. The summed E-state index contributed by atoms with van der Waals surface area (Å²) >= 11 is 0. The summed E-state index contributed by atoms with van der Waals surface area (Å²) in [5.74, 6) is -0.00128. The summed E-state index contributed by atoms with van der Waals surface area (Å²) in [7, 11) is 2.06. The average Bonchev–Trinajstić information content (AvgIpc) is 2.54. The zero-order chi connectivity index (χ0) is 15.1. The molecular weight excluding hydrogens is 266 g/mol. The molecule has 0 bridgehead atoms. The molecule has 0 aromatic heterocycles. The summed E-state index contributed by atoms with van der Waals surface area (Å²) in [6, 6.07) is 9.46. The highest BCUT2D eigenvalue weighted by Crippen LogP contribution is 2.13. The molecule has 1 aromatic carbocycles. The van der Waals surface area contributed by atoms with Gasteiger partial charge in [-0.1, -0.05) is 0 Å². The fourth-order valence-electron chi connectivity index (χ4n) is 2.44. The fraction of sp³-hybridized carbons (Fsp3) is 0.500. The lowest BCUT2D eigenvalue weighted by atomic mass is 10.1. The van der Waals surface area contributed by atoms with E-state index in [0.717, 1.165) is 38.3 Å². The SMILES string of the molecule is CN(CCC(=O)Nc1ccc(C#N)cc1)C1CCOCC1. The Hall–Kier alpha value is -1.90. The molecule has 1 amide bonds. The Morgan fingerprint density at radius 3 is 2.67 bits per heavy atom. The number of hydrogen-bond donors (Lipinski definition) is 1. The minimum Gasteiger partial charge on any atom is -0.381 e. The molecule has 21 heavy (non-hydrogen) atoms. The Morgan fingerprint density at radius 1 is 1.38 bits per heavy atom. The first kappa shape index (κ1) is 15.5. The van der Waals surface area contributed by atoms with E-state index >= 15 is 0 Å². The quantitative estimate of drug-likeness (QED) is 0.899.